The van der Waals surface area contributed by atoms with Crippen molar-refractivity contribution in [3.63, 3.8) is 0 Å². The van der Waals surface area contributed by atoms with E-state index in [1.807, 2.05) is 18.2 Å². The Bertz CT molecular complexity index is 504. The first-order chi connectivity index (χ1) is 7.19. The van der Waals surface area contributed by atoms with Crippen molar-refractivity contribution in [2.75, 3.05) is 7.11 Å². The van der Waals surface area contributed by atoms with E-state index in [-0.39, 0.29) is 5.78 Å². The molecule has 1 aromatic carbocycles. The molecule has 0 N–H and O–H groups in total. The Labute approximate surface area is 91.7 Å². The van der Waals surface area contributed by atoms with Crippen LogP contribution in [-0.4, -0.2) is 17.9 Å². The maximum absolute atomic E-state index is 11.0. The quantitative estimate of drug-likeness (QED) is 0.799. The van der Waals surface area contributed by atoms with Crippen LogP contribution in [0.1, 0.15) is 11.9 Å². The number of fused-ring (bicyclic) bond motifs is 1. The molecule has 0 amide bonds. The van der Waals surface area contributed by atoms with E-state index in [4.69, 9.17) is 4.74 Å². The van der Waals surface area contributed by atoms with Gasteiger partial charge in [0.15, 0.2) is 0 Å². The first-order valence-electron chi connectivity index (χ1n) is 4.62. The molecule has 0 aliphatic carbocycles. The number of carbonyl (C=O) groups is 1. The van der Waals surface area contributed by atoms with E-state index in [1.54, 1.807) is 25.4 Å². The van der Waals surface area contributed by atoms with Crippen LogP contribution in [0.3, 0.4) is 0 Å². The van der Waals surface area contributed by atoms with Crippen molar-refractivity contribution in [1.82, 2.24) is 4.98 Å². The van der Waals surface area contributed by atoms with Crippen LogP contribution in [-0.2, 0) is 11.2 Å². The Kier molecular flexibility index (Phi) is 2.68. The highest BCUT2D eigenvalue weighted by molar-refractivity contribution is 7.18. The molecule has 2 rings (SSSR count). The standard InChI is InChI=1S/C11H11NO2S/c1-7(13)5-11-12-9-4-3-8(14-2)6-10(9)15-11/h3-4,6H,5H2,1-2H3. The zero-order valence-electron chi connectivity index (χ0n) is 8.61. The number of aromatic nitrogens is 1. The molecule has 0 saturated carbocycles. The zero-order chi connectivity index (χ0) is 10.8. The predicted octanol–water partition coefficient (Wildman–Crippen LogP) is 2.44. The molecule has 0 aliphatic rings. The van der Waals surface area contributed by atoms with Crippen molar-refractivity contribution in [2.24, 2.45) is 0 Å². The van der Waals surface area contributed by atoms with Crippen LogP contribution in [0.2, 0.25) is 0 Å². The van der Waals surface area contributed by atoms with Crippen molar-refractivity contribution in [2.45, 2.75) is 13.3 Å². The van der Waals surface area contributed by atoms with Gasteiger partial charge in [0.2, 0.25) is 0 Å². The topological polar surface area (TPSA) is 39.2 Å². The number of benzene rings is 1. The summed E-state index contributed by atoms with van der Waals surface area (Å²) < 4.78 is 6.19. The van der Waals surface area contributed by atoms with Gasteiger partial charge in [0.25, 0.3) is 0 Å². The van der Waals surface area contributed by atoms with E-state index in [1.165, 1.54) is 0 Å². The summed E-state index contributed by atoms with van der Waals surface area (Å²) in [5.41, 5.74) is 0.928. The molecular formula is C11H11NO2S. The first kappa shape index (κ1) is 10.1. The van der Waals surface area contributed by atoms with Gasteiger partial charge in [-0.25, -0.2) is 4.98 Å². The SMILES string of the molecule is COc1ccc2nc(CC(C)=O)sc2c1. The van der Waals surface area contributed by atoms with Crippen LogP contribution in [0.25, 0.3) is 10.2 Å². The zero-order valence-corrected chi connectivity index (χ0v) is 9.43. The van der Waals surface area contributed by atoms with Gasteiger partial charge in [0.1, 0.15) is 16.5 Å². The van der Waals surface area contributed by atoms with E-state index < -0.39 is 0 Å². The molecule has 78 valence electrons. The monoisotopic (exact) mass is 221 g/mol. The fourth-order valence-corrected chi connectivity index (χ4v) is 2.43. The van der Waals surface area contributed by atoms with Crippen molar-refractivity contribution in [3.05, 3.63) is 23.2 Å². The van der Waals surface area contributed by atoms with Crippen molar-refractivity contribution in [1.29, 1.82) is 0 Å². The first-order valence-corrected chi connectivity index (χ1v) is 5.43. The molecule has 15 heavy (non-hydrogen) atoms. The normalized spacial score (nSPS) is 10.5. The lowest BCUT2D eigenvalue weighted by atomic mass is 10.3. The lowest BCUT2D eigenvalue weighted by molar-refractivity contribution is -0.116. The Morgan fingerprint density at radius 2 is 2.33 bits per heavy atom. The highest BCUT2D eigenvalue weighted by Gasteiger charge is 2.06. The molecule has 0 atom stereocenters. The molecule has 0 bridgehead atoms. The predicted molar refractivity (Wildman–Crippen MR) is 60.6 cm³/mol. The number of hydrogen-bond acceptors (Lipinski definition) is 4. The fraction of sp³-hybridized carbons (Fsp3) is 0.273. The highest BCUT2D eigenvalue weighted by atomic mass is 32.1. The van der Waals surface area contributed by atoms with Crippen molar-refractivity contribution in [3.8, 4) is 5.75 Å². The summed E-state index contributed by atoms with van der Waals surface area (Å²) in [6.45, 7) is 1.58. The van der Waals surface area contributed by atoms with Gasteiger partial charge < -0.3 is 4.74 Å². The third kappa shape index (κ3) is 2.15. The van der Waals surface area contributed by atoms with Crippen LogP contribution < -0.4 is 4.74 Å². The summed E-state index contributed by atoms with van der Waals surface area (Å²) in [6, 6.07) is 5.73. The molecule has 1 heterocycles. The summed E-state index contributed by atoms with van der Waals surface area (Å²) in [6.07, 6.45) is 0.418. The number of Topliss-reactive ketones (excluding diaryl/α,β-unsaturated/α-hetero) is 1. The third-order valence-electron chi connectivity index (χ3n) is 2.04. The van der Waals surface area contributed by atoms with Gasteiger partial charge in [-0.2, -0.15) is 0 Å². The van der Waals surface area contributed by atoms with Gasteiger partial charge in [0.05, 0.1) is 23.7 Å². The summed E-state index contributed by atoms with van der Waals surface area (Å²) in [5, 5.41) is 0.866. The Hall–Kier alpha value is -1.42. The van der Waals surface area contributed by atoms with Crippen LogP contribution in [0.5, 0.6) is 5.75 Å². The number of ketones is 1. The minimum atomic E-state index is 0.140. The van der Waals surface area contributed by atoms with E-state index >= 15 is 0 Å². The maximum Gasteiger partial charge on any atom is 0.136 e. The second-order valence-corrected chi connectivity index (χ2v) is 4.44. The Morgan fingerprint density at radius 3 is 3.00 bits per heavy atom. The second-order valence-electron chi connectivity index (χ2n) is 3.32. The van der Waals surface area contributed by atoms with Gasteiger partial charge in [-0.15, -0.1) is 11.3 Å². The second kappa shape index (κ2) is 3.98. The van der Waals surface area contributed by atoms with Crippen LogP contribution in [0, 0.1) is 0 Å². The van der Waals surface area contributed by atoms with Gasteiger partial charge in [0, 0.05) is 0 Å². The number of hydrogen-bond donors (Lipinski definition) is 0. The number of rotatable bonds is 3. The Balaban J connectivity index is 2.42. The summed E-state index contributed by atoms with van der Waals surface area (Å²) >= 11 is 1.54. The molecule has 1 aromatic heterocycles. The van der Waals surface area contributed by atoms with E-state index in [0.29, 0.717) is 6.42 Å². The molecular weight excluding hydrogens is 210 g/mol. The van der Waals surface area contributed by atoms with Gasteiger partial charge >= 0.3 is 0 Å². The largest absolute Gasteiger partial charge is 0.497 e. The van der Waals surface area contributed by atoms with E-state index in [2.05, 4.69) is 4.98 Å². The number of methoxy groups -OCH3 is 1. The van der Waals surface area contributed by atoms with E-state index in [9.17, 15) is 4.79 Å². The lowest BCUT2D eigenvalue weighted by Gasteiger charge is -1.96. The molecule has 0 saturated heterocycles. The van der Waals surface area contributed by atoms with Crippen molar-refractivity contribution >= 4 is 27.3 Å². The van der Waals surface area contributed by atoms with Gasteiger partial charge in [-0.3, -0.25) is 4.79 Å². The number of nitrogens with zero attached hydrogens (tertiary/aromatic N) is 1. The number of thiazole rings is 1. The molecule has 4 heteroatoms. The average molecular weight is 221 g/mol. The Morgan fingerprint density at radius 1 is 1.53 bits per heavy atom. The molecule has 0 radical (unpaired) electrons. The van der Waals surface area contributed by atoms with Crippen LogP contribution in [0.15, 0.2) is 18.2 Å². The molecule has 2 aromatic rings. The highest BCUT2D eigenvalue weighted by Crippen LogP contribution is 2.26. The summed E-state index contributed by atoms with van der Waals surface area (Å²) in [5.74, 6) is 0.960. The number of carbonyl (C=O) groups excluding carboxylic acids is 1. The summed E-state index contributed by atoms with van der Waals surface area (Å²) in [7, 11) is 1.64. The molecule has 3 nitrogen and oxygen atoms in total. The minimum absolute atomic E-state index is 0.140. The van der Waals surface area contributed by atoms with Gasteiger partial charge in [-0.05, 0) is 25.1 Å². The molecule has 0 fully saturated rings. The lowest BCUT2D eigenvalue weighted by Crippen LogP contribution is -1.94. The van der Waals surface area contributed by atoms with E-state index in [0.717, 1.165) is 21.0 Å². The average Bonchev–Trinajstić information content (AvgIpc) is 2.57. The molecule has 0 aliphatic heterocycles. The smallest absolute Gasteiger partial charge is 0.136 e. The van der Waals surface area contributed by atoms with Gasteiger partial charge in [-0.1, -0.05) is 0 Å². The fourth-order valence-electron chi connectivity index (χ4n) is 1.37. The minimum Gasteiger partial charge on any atom is -0.497 e. The van der Waals surface area contributed by atoms with Crippen molar-refractivity contribution < 1.29 is 9.53 Å². The number of ether oxygens (including phenoxy) is 1. The maximum atomic E-state index is 11.0. The molecule has 0 spiro atoms. The third-order valence-corrected chi connectivity index (χ3v) is 3.06. The molecule has 0 unspecified atom stereocenters. The van der Waals surface area contributed by atoms with Crippen LogP contribution in [0.4, 0.5) is 0 Å². The summed E-state index contributed by atoms with van der Waals surface area (Å²) in [4.78, 5) is 15.3. The van der Waals surface area contributed by atoms with Crippen LogP contribution >= 0.6 is 11.3 Å².